The van der Waals surface area contributed by atoms with Crippen LogP contribution >= 0.6 is 0 Å². The molecule has 15 heavy (non-hydrogen) atoms. The number of nitrogens with one attached hydrogen (secondary N) is 2. The van der Waals surface area contributed by atoms with Crippen molar-refractivity contribution in [3.05, 3.63) is 0 Å². The highest BCUT2D eigenvalue weighted by molar-refractivity contribution is 5.79. The van der Waals surface area contributed by atoms with Gasteiger partial charge in [0.25, 0.3) is 0 Å². The predicted octanol–water partition coefficient (Wildman–Crippen LogP) is 1.68. The Kier molecular flexibility index (Phi) is 4.58. The second-order valence-corrected chi connectivity index (χ2v) is 5.07. The number of hydrogen-bond acceptors (Lipinski definition) is 2. The maximum atomic E-state index is 11.9. The molecular weight excluding hydrogens is 188 g/mol. The van der Waals surface area contributed by atoms with E-state index in [1.54, 1.807) is 0 Å². The van der Waals surface area contributed by atoms with Crippen LogP contribution in [0.1, 0.15) is 46.0 Å². The third-order valence-electron chi connectivity index (χ3n) is 3.34. The Morgan fingerprint density at radius 1 is 1.33 bits per heavy atom. The summed E-state index contributed by atoms with van der Waals surface area (Å²) in [7, 11) is 1.88. The molecule has 0 aromatic carbocycles. The standard InChI is InChI=1S/C12H24N2O/c1-10(9-13-3)11(15)14-12(2)7-5-4-6-8-12/h10,13H,4-9H2,1-3H3,(H,14,15). The summed E-state index contributed by atoms with van der Waals surface area (Å²) in [6.45, 7) is 4.90. The SMILES string of the molecule is CNCC(C)C(=O)NC1(C)CCCCC1. The van der Waals surface area contributed by atoms with Gasteiger partial charge in [-0.15, -0.1) is 0 Å². The summed E-state index contributed by atoms with van der Waals surface area (Å²) in [6.07, 6.45) is 6.07. The van der Waals surface area contributed by atoms with Gasteiger partial charge in [0, 0.05) is 18.0 Å². The molecule has 0 saturated heterocycles. The van der Waals surface area contributed by atoms with Gasteiger partial charge in [0.05, 0.1) is 0 Å². The van der Waals surface area contributed by atoms with Crippen LogP contribution in [-0.4, -0.2) is 25.0 Å². The van der Waals surface area contributed by atoms with Crippen molar-refractivity contribution in [1.82, 2.24) is 10.6 Å². The van der Waals surface area contributed by atoms with Crippen LogP contribution in [0.4, 0.5) is 0 Å². The summed E-state index contributed by atoms with van der Waals surface area (Å²) in [6, 6.07) is 0. The molecular formula is C12H24N2O. The zero-order valence-electron chi connectivity index (χ0n) is 10.2. The average Bonchev–Trinajstić information content (AvgIpc) is 2.18. The fourth-order valence-corrected chi connectivity index (χ4v) is 2.28. The summed E-state index contributed by atoms with van der Waals surface area (Å²) in [5.41, 5.74) is 0.0529. The van der Waals surface area contributed by atoms with Gasteiger partial charge >= 0.3 is 0 Å². The zero-order valence-corrected chi connectivity index (χ0v) is 10.2. The first-order chi connectivity index (χ1) is 7.07. The minimum absolute atomic E-state index is 0.0529. The minimum Gasteiger partial charge on any atom is -0.351 e. The second kappa shape index (κ2) is 5.50. The Morgan fingerprint density at radius 2 is 1.93 bits per heavy atom. The lowest BCUT2D eigenvalue weighted by atomic mass is 9.83. The van der Waals surface area contributed by atoms with Gasteiger partial charge in [-0.2, -0.15) is 0 Å². The number of carbonyl (C=O) groups excluding carboxylic acids is 1. The topological polar surface area (TPSA) is 41.1 Å². The third kappa shape index (κ3) is 3.82. The van der Waals surface area contributed by atoms with Gasteiger partial charge in [0.15, 0.2) is 0 Å². The van der Waals surface area contributed by atoms with E-state index >= 15 is 0 Å². The van der Waals surface area contributed by atoms with Crippen LogP contribution in [0, 0.1) is 5.92 Å². The van der Waals surface area contributed by atoms with Crippen LogP contribution in [0.3, 0.4) is 0 Å². The van der Waals surface area contributed by atoms with Crippen molar-refractivity contribution in [2.45, 2.75) is 51.5 Å². The third-order valence-corrected chi connectivity index (χ3v) is 3.34. The van der Waals surface area contributed by atoms with Crippen molar-refractivity contribution in [3.63, 3.8) is 0 Å². The van der Waals surface area contributed by atoms with E-state index in [9.17, 15) is 4.79 Å². The van der Waals surface area contributed by atoms with E-state index in [0.29, 0.717) is 0 Å². The molecule has 1 saturated carbocycles. The normalized spacial score (nSPS) is 22.1. The molecule has 0 aromatic rings. The highest BCUT2D eigenvalue weighted by Gasteiger charge is 2.29. The molecule has 1 amide bonds. The van der Waals surface area contributed by atoms with E-state index in [0.717, 1.165) is 19.4 Å². The molecule has 1 fully saturated rings. The van der Waals surface area contributed by atoms with Gasteiger partial charge in [-0.1, -0.05) is 26.2 Å². The van der Waals surface area contributed by atoms with Crippen molar-refractivity contribution in [1.29, 1.82) is 0 Å². The van der Waals surface area contributed by atoms with Crippen molar-refractivity contribution >= 4 is 5.91 Å². The zero-order chi connectivity index (χ0) is 11.3. The lowest BCUT2D eigenvalue weighted by Gasteiger charge is -2.35. The number of amides is 1. The first-order valence-corrected chi connectivity index (χ1v) is 6.04. The van der Waals surface area contributed by atoms with E-state index in [2.05, 4.69) is 17.6 Å². The molecule has 0 heterocycles. The van der Waals surface area contributed by atoms with Crippen LogP contribution in [-0.2, 0) is 4.79 Å². The van der Waals surface area contributed by atoms with Gasteiger partial charge in [-0.25, -0.2) is 0 Å². The highest BCUT2D eigenvalue weighted by Crippen LogP contribution is 2.27. The fraction of sp³-hybridized carbons (Fsp3) is 0.917. The first-order valence-electron chi connectivity index (χ1n) is 6.04. The van der Waals surface area contributed by atoms with E-state index in [4.69, 9.17) is 0 Å². The maximum Gasteiger partial charge on any atom is 0.224 e. The lowest BCUT2D eigenvalue weighted by Crippen LogP contribution is -2.50. The van der Waals surface area contributed by atoms with Crippen LogP contribution in [0.15, 0.2) is 0 Å². The van der Waals surface area contributed by atoms with E-state index in [1.165, 1.54) is 19.3 Å². The molecule has 0 aliphatic heterocycles. The largest absolute Gasteiger partial charge is 0.351 e. The molecule has 1 rings (SSSR count). The van der Waals surface area contributed by atoms with E-state index in [1.807, 2.05) is 14.0 Å². The molecule has 0 spiro atoms. The summed E-state index contributed by atoms with van der Waals surface area (Å²) in [5.74, 6) is 0.252. The molecule has 0 radical (unpaired) electrons. The molecule has 88 valence electrons. The average molecular weight is 212 g/mol. The van der Waals surface area contributed by atoms with Gasteiger partial charge in [0.1, 0.15) is 0 Å². The van der Waals surface area contributed by atoms with Gasteiger partial charge in [-0.3, -0.25) is 4.79 Å². The van der Waals surface area contributed by atoms with Crippen molar-refractivity contribution < 1.29 is 4.79 Å². The Labute approximate surface area is 93.0 Å². The Bertz CT molecular complexity index is 210. The van der Waals surface area contributed by atoms with Crippen LogP contribution in [0.2, 0.25) is 0 Å². The monoisotopic (exact) mass is 212 g/mol. The Morgan fingerprint density at radius 3 is 2.47 bits per heavy atom. The van der Waals surface area contributed by atoms with Crippen LogP contribution in [0.5, 0.6) is 0 Å². The number of carbonyl (C=O) groups is 1. The maximum absolute atomic E-state index is 11.9. The molecule has 2 N–H and O–H groups in total. The smallest absolute Gasteiger partial charge is 0.224 e. The predicted molar refractivity (Wildman–Crippen MR) is 62.7 cm³/mol. The highest BCUT2D eigenvalue weighted by atomic mass is 16.2. The van der Waals surface area contributed by atoms with Crippen molar-refractivity contribution in [2.75, 3.05) is 13.6 Å². The van der Waals surface area contributed by atoms with Crippen LogP contribution in [0.25, 0.3) is 0 Å². The first kappa shape index (κ1) is 12.5. The molecule has 1 atom stereocenters. The summed E-state index contributed by atoms with van der Waals surface area (Å²) in [5, 5.41) is 6.24. The summed E-state index contributed by atoms with van der Waals surface area (Å²) >= 11 is 0. The fourth-order valence-electron chi connectivity index (χ4n) is 2.28. The molecule has 0 aromatic heterocycles. The van der Waals surface area contributed by atoms with Gasteiger partial charge in [-0.05, 0) is 26.8 Å². The molecule has 0 bridgehead atoms. The summed E-state index contributed by atoms with van der Waals surface area (Å²) in [4.78, 5) is 11.9. The molecule has 3 heteroatoms. The molecule has 1 aliphatic carbocycles. The van der Waals surface area contributed by atoms with Crippen molar-refractivity contribution in [3.8, 4) is 0 Å². The van der Waals surface area contributed by atoms with Crippen LogP contribution < -0.4 is 10.6 Å². The number of hydrogen-bond donors (Lipinski definition) is 2. The quantitative estimate of drug-likeness (QED) is 0.744. The van der Waals surface area contributed by atoms with Gasteiger partial charge < -0.3 is 10.6 Å². The van der Waals surface area contributed by atoms with E-state index < -0.39 is 0 Å². The summed E-state index contributed by atoms with van der Waals surface area (Å²) < 4.78 is 0. The molecule has 1 unspecified atom stereocenters. The minimum atomic E-state index is 0.0529. The Balaban J connectivity index is 2.41. The Hall–Kier alpha value is -0.570. The lowest BCUT2D eigenvalue weighted by molar-refractivity contribution is -0.126. The number of rotatable bonds is 4. The molecule has 1 aliphatic rings. The van der Waals surface area contributed by atoms with Gasteiger partial charge in [0.2, 0.25) is 5.91 Å². The van der Waals surface area contributed by atoms with E-state index in [-0.39, 0.29) is 17.4 Å². The molecule has 3 nitrogen and oxygen atoms in total. The van der Waals surface area contributed by atoms with Crippen molar-refractivity contribution in [2.24, 2.45) is 5.92 Å². The second-order valence-electron chi connectivity index (χ2n) is 5.07.